The van der Waals surface area contributed by atoms with Gasteiger partial charge in [-0.1, -0.05) is 6.07 Å². The molecule has 2 heterocycles. The van der Waals surface area contributed by atoms with E-state index < -0.39 is 0 Å². The molecule has 2 aromatic heterocycles. The van der Waals surface area contributed by atoms with Gasteiger partial charge in [-0.05, 0) is 48.9 Å². The van der Waals surface area contributed by atoms with Gasteiger partial charge in [-0.2, -0.15) is 0 Å². The first-order valence-electron chi connectivity index (χ1n) is 6.77. The molecule has 3 rings (SSSR count). The summed E-state index contributed by atoms with van der Waals surface area (Å²) in [5, 5.41) is 0. The standard InChI is InChI=1S/C17H16N4/c1-13-6-7-16(20-11-14-4-2-8-18-14)17(10-13)21-12-15-5-3-9-19-15/h2-12,18-19H,1H3. The van der Waals surface area contributed by atoms with Gasteiger partial charge in [0, 0.05) is 12.4 Å². The maximum Gasteiger partial charge on any atom is 0.0889 e. The lowest BCUT2D eigenvalue weighted by Crippen LogP contribution is -1.81. The van der Waals surface area contributed by atoms with E-state index in [9.17, 15) is 0 Å². The number of nitrogens with zero attached hydrogens (tertiary/aromatic N) is 2. The zero-order valence-corrected chi connectivity index (χ0v) is 11.7. The topological polar surface area (TPSA) is 56.3 Å². The molecule has 0 saturated carbocycles. The second-order valence-electron chi connectivity index (χ2n) is 4.76. The first-order chi connectivity index (χ1) is 10.3. The van der Waals surface area contributed by atoms with Crippen LogP contribution in [0.4, 0.5) is 11.4 Å². The van der Waals surface area contributed by atoms with Gasteiger partial charge in [0.25, 0.3) is 0 Å². The molecule has 0 fully saturated rings. The molecule has 21 heavy (non-hydrogen) atoms. The van der Waals surface area contributed by atoms with Crippen LogP contribution in [0.3, 0.4) is 0 Å². The van der Waals surface area contributed by atoms with Gasteiger partial charge in [-0.25, -0.2) is 0 Å². The van der Waals surface area contributed by atoms with Crippen LogP contribution in [0.1, 0.15) is 17.0 Å². The Morgan fingerprint density at radius 2 is 1.43 bits per heavy atom. The molecule has 1 aromatic carbocycles. The Morgan fingerprint density at radius 1 is 0.810 bits per heavy atom. The highest BCUT2D eigenvalue weighted by Crippen LogP contribution is 2.28. The summed E-state index contributed by atoms with van der Waals surface area (Å²) in [6.45, 7) is 2.05. The number of nitrogens with one attached hydrogen (secondary N) is 2. The number of aromatic nitrogens is 2. The van der Waals surface area contributed by atoms with Crippen LogP contribution in [0.2, 0.25) is 0 Å². The van der Waals surface area contributed by atoms with Crippen LogP contribution in [0, 0.1) is 6.92 Å². The Labute approximate surface area is 123 Å². The van der Waals surface area contributed by atoms with Crippen molar-refractivity contribution in [2.75, 3.05) is 0 Å². The molecular formula is C17H16N4. The molecule has 0 radical (unpaired) electrons. The number of H-pyrrole nitrogens is 2. The van der Waals surface area contributed by atoms with Crippen LogP contribution >= 0.6 is 0 Å². The Kier molecular flexibility index (Phi) is 3.78. The van der Waals surface area contributed by atoms with E-state index in [1.807, 2.05) is 68.0 Å². The van der Waals surface area contributed by atoms with Gasteiger partial charge in [0.2, 0.25) is 0 Å². The van der Waals surface area contributed by atoms with E-state index in [1.54, 1.807) is 6.21 Å². The third kappa shape index (κ3) is 3.36. The van der Waals surface area contributed by atoms with E-state index in [1.165, 1.54) is 0 Å². The van der Waals surface area contributed by atoms with Gasteiger partial charge in [-0.15, -0.1) is 0 Å². The minimum Gasteiger partial charge on any atom is -0.360 e. The minimum atomic E-state index is 0.845. The van der Waals surface area contributed by atoms with Crippen molar-refractivity contribution < 1.29 is 0 Å². The molecule has 0 unspecified atom stereocenters. The fourth-order valence-electron chi connectivity index (χ4n) is 1.97. The van der Waals surface area contributed by atoms with E-state index in [4.69, 9.17) is 0 Å². The molecule has 0 atom stereocenters. The number of aryl methyl sites for hydroxylation is 1. The molecule has 0 bridgehead atoms. The van der Waals surface area contributed by atoms with Crippen molar-refractivity contribution in [3.05, 3.63) is 71.8 Å². The SMILES string of the molecule is Cc1ccc(N=Cc2ccc[nH]2)c(N=Cc2ccc[nH]2)c1. The summed E-state index contributed by atoms with van der Waals surface area (Å²) in [6.07, 6.45) is 7.36. The summed E-state index contributed by atoms with van der Waals surface area (Å²) in [6, 6.07) is 13.9. The summed E-state index contributed by atoms with van der Waals surface area (Å²) in [5.74, 6) is 0. The summed E-state index contributed by atoms with van der Waals surface area (Å²) < 4.78 is 0. The summed E-state index contributed by atoms with van der Waals surface area (Å²) in [4.78, 5) is 15.2. The number of aromatic amines is 2. The molecule has 0 aliphatic heterocycles. The smallest absolute Gasteiger partial charge is 0.0889 e. The first kappa shape index (κ1) is 13.1. The second-order valence-corrected chi connectivity index (χ2v) is 4.76. The Hall–Kier alpha value is -2.88. The molecule has 4 heteroatoms. The predicted octanol–water partition coefficient (Wildman–Crippen LogP) is 4.15. The molecule has 3 aromatic rings. The molecule has 0 aliphatic carbocycles. The van der Waals surface area contributed by atoms with E-state index >= 15 is 0 Å². The van der Waals surface area contributed by atoms with Crippen molar-refractivity contribution in [1.29, 1.82) is 0 Å². The highest BCUT2D eigenvalue weighted by atomic mass is 14.8. The highest BCUT2D eigenvalue weighted by molar-refractivity contribution is 5.85. The van der Waals surface area contributed by atoms with E-state index in [2.05, 4.69) is 20.0 Å². The zero-order chi connectivity index (χ0) is 14.5. The van der Waals surface area contributed by atoms with Crippen LogP contribution < -0.4 is 0 Å². The number of aliphatic imine (C=N–C) groups is 2. The van der Waals surface area contributed by atoms with Gasteiger partial charge in [0.15, 0.2) is 0 Å². The summed E-state index contributed by atoms with van der Waals surface area (Å²) >= 11 is 0. The molecule has 2 N–H and O–H groups in total. The fraction of sp³-hybridized carbons (Fsp3) is 0.0588. The Balaban J connectivity index is 1.89. The minimum absolute atomic E-state index is 0.845. The maximum absolute atomic E-state index is 4.53. The van der Waals surface area contributed by atoms with Gasteiger partial charge in [0.1, 0.15) is 0 Å². The lowest BCUT2D eigenvalue weighted by molar-refractivity contribution is 1.35. The molecule has 104 valence electrons. The van der Waals surface area contributed by atoms with Gasteiger partial charge >= 0.3 is 0 Å². The molecule has 0 saturated heterocycles. The Bertz CT molecular complexity index is 750. The van der Waals surface area contributed by atoms with Crippen LogP contribution in [0.25, 0.3) is 0 Å². The van der Waals surface area contributed by atoms with E-state index in [-0.39, 0.29) is 0 Å². The average molecular weight is 276 g/mol. The Morgan fingerprint density at radius 3 is 2.00 bits per heavy atom. The van der Waals surface area contributed by atoms with Crippen molar-refractivity contribution in [3.63, 3.8) is 0 Å². The predicted molar refractivity (Wildman–Crippen MR) is 87.3 cm³/mol. The summed E-state index contributed by atoms with van der Waals surface area (Å²) in [5.41, 5.74) is 4.79. The van der Waals surface area contributed by atoms with Crippen molar-refractivity contribution >= 4 is 23.8 Å². The lowest BCUT2D eigenvalue weighted by atomic mass is 10.2. The number of hydrogen-bond acceptors (Lipinski definition) is 2. The van der Waals surface area contributed by atoms with Crippen LogP contribution in [-0.2, 0) is 0 Å². The fourth-order valence-corrected chi connectivity index (χ4v) is 1.97. The maximum atomic E-state index is 4.53. The molecule has 4 nitrogen and oxygen atoms in total. The zero-order valence-electron chi connectivity index (χ0n) is 11.7. The van der Waals surface area contributed by atoms with E-state index in [0.717, 1.165) is 28.3 Å². The van der Waals surface area contributed by atoms with Crippen molar-refractivity contribution in [1.82, 2.24) is 9.97 Å². The molecular weight excluding hydrogens is 260 g/mol. The largest absolute Gasteiger partial charge is 0.360 e. The van der Waals surface area contributed by atoms with Crippen LogP contribution in [0.5, 0.6) is 0 Å². The first-order valence-corrected chi connectivity index (χ1v) is 6.77. The van der Waals surface area contributed by atoms with Crippen molar-refractivity contribution in [2.45, 2.75) is 6.92 Å². The van der Waals surface area contributed by atoms with Gasteiger partial charge in [-0.3, -0.25) is 9.98 Å². The van der Waals surface area contributed by atoms with Crippen LogP contribution in [-0.4, -0.2) is 22.4 Å². The monoisotopic (exact) mass is 276 g/mol. The third-order valence-electron chi connectivity index (χ3n) is 3.06. The normalized spacial score (nSPS) is 11.7. The van der Waals surface area contributed by atoms with Crippen molar-refractivity contribution in [3.8, 4) is 0 Å². The van der Waals surface area contributed by atoms with Gasteiger partial charge < -0.3 is 9.97 Å². The number of hydrogen-bond donors (Lipinski definition) is 2. The van der Waals surface area contributed by atoms with E-state index in [0.29, 0.717) is 0 Å². The van der Waals surface area contributed by atoms with Crippen LogP contribution in [0.15, 0.2) is 64.8 Å². The third-order valence-corrected chi connectivity index (χ3v) is 3.06. The lowest BCUT2D eigenvalue weighted by Gasteiger charge is -2.01. The highest BCUT2D eigenvalue weighted by Gasteiger charge is 2.00. The van der Waals surface area contributed by atoms with Gasteiger partial charge in [0.05, 0.1) is 35.2 Å². The van der Waals surface area contributed by atoms with Crippen molar-refractivity contribution in [2.24, 2.45) is 9.98 Å². The second kappa shape index (κ2) is 6.05. The molecule has 0 amide bonds. The molecule has 0 spiro atoms. The summed E-state index contributed by atoms with van der Waals surface area (Å²) in [7, 11) is 0. The number of rotatable bonds is 4. The average Bonchev–Trinajstić information content (AvgIpc) is 3.17. The number of benzene rings is 1. The quantitative estimate of drug-likeness (QED) is 0.673. The molecule has 0 aliphatic rings.